The minimum Gasteiger partial charge on any atom is -0.494 e. The van der Waals surface area contributed by atoms with E-state index in [1.165, 1.54) is 12.1 Å². The summed E-state index contributed by atoms with van der Waals surface area (Å²) in [6, 6.07) is 6.68. The van der Waals surface area contributed by atoms with Gasteiger partial charge in [0.15, 0.2) is 5.72 Å². The number of nitrogens with zero attached hydrogens (tertiary/aromatic N) is 1. The van der Waals surface area contributed by atoms with Crippen molar-refractivity contribution < 1.29 is 18.3 Å². The molecule has 0 fully saturated rings. The van der Waals surface area contributed by atoms with E-state index in [-0.39, 0.29) is 5.56 Å². The van der Waals surface area contributed by atoms with Crippen molar-refractivity contribution in [3.05, 3.63) is 58.1 Å². The Labute approximate surface area is 143 Å². The Kier molecular flexibility index (Phi) is 4.22. The lowest BCUT2D eigenvalue weighted by Crippen LogP contribution is -2.33. The van der Waals surface area contributed by atoms with Gasteiger partial charge >= 0.3 is 0 Å². The van der Waals surface area contributed by atoms with Crippen LogP contribution < -0.4 is 9.47 Å². The maximum absolute atomic E-state index is 14.3. The van der Waals surface area contributed by atoms with Crippen LogP contribution in [0.1, 0.15) is 31.9 Å². The fourth-order valence-electron chi connectivity index (χ4n) is 2.61. The summed E-state index contributed by atoms with van der Waals surface area (Å²) in [5.74, 6) is -0.355. The number of hydrogen-bond donors (Lipinski definition) is 0. The standard InChI is InChI=1S/C18H16ClF2NO2/c1-4-23-11-8-13(19)16-15(9-11)24-18(2,3)22-17(16)12-6-5-10(20)7-14(12)21/h5-9H,4H2,1-3H3. The van der Waals surface area contributed by atoms with Gasteiger partial charge in [-0.25, -0.2) is 13.8 Å². The van der Waals surface area contributed by atoms with Crippen LogP contribution >= 0.6 is 11.6 Å². The van der Waals surface area contributed by atoms with Crippen LogP contribution in [0, 0.1) is 11.6 Å². The van der Waals surface area contributed by atoms with Gasteiger partial charge in [0.25, 0.3) is 0 Å². The van der Waals surface area contributed by atoms with Crippen LogP contribution in [0.5, 0.6) is 11.5 Å². The summed E-state index contributed by atoms with van der Waals surface area (Å²) in [5.41, 5.74) is 0.0361. The van der Waals surface area contributed by atoms with Crippen LogP contribution in [-0.4, -0.2) is 18.0 Å². The second-order valence-electron chi connectivity index (χ2n) is 5.84. The minimum absolute atomic E-state index is 0.167. The maximum atomic E-state index is 14.3. The lowest BCUT2D eigenvalue weighted by Gasteiger charge is -2.31. The van der Waals surface area contributed by atoms with Gasteiger partial charge in [-0.2, -0.15) is 0 Å². The Morgan fingerprint density at radius 3 is 2.62 bits per heavy atom. The third kappa shape index (κ3) is 3.08. The van der Waals surface area contributed by atoms with Gasteiger partial charge in [0.1, 0.15) is 23.1 Å². The molecule has 2 aromatic carbocycles. The highest BCUT2D eigenvalue weighted by atomic mass is 35.5. The van der Waals surface area contributed by atoms with Crippen LogP contribution in [0.3, 0.4) is 0 Å². The molecular formula is C18H16ClF2NO2. The Morgan fingerprint density at radius 2 is 1.96 bits per heavy atom. The quantitative estimate of drug-likeness (QED) is 0.780. The highest BCUT2D eigenvalue weighted by Gasteiger charge is 2.32. The molecule has 6 heteroatoms. The largest absolute Gasteiger partial charge is 0.494 e. The number of rotatable bonds is 3. The molecule has 0 saturated heterocycles. The lowest BCUT2D eigenvalue weighted by molar-refractivity contribution is 0.115. The van der Waals surface area contributed by atoms with E-state index in [2.05, 4.69) is 4.99 Å². The fraction of sp³-hybridized carbons (Fsp3) is 0.278. The van der Waals surface area contributed by atoms with E-state index in [9.17, 15) is 8.78 Å². The van der Waals surface area contributed by atoms with E-state index in [0.717, 1.165) is 6.07 Å². The molecule has 0 amide bonds. The summed E-state index contributed by atoms with van der Waals surface area (Å²) in [6.07, 6.45) is 0. The molecule has 0 N–H and O–H groups in total. The Bertz CT molecular complexity index is 834. The normalized spacial score (nSPS) is 15.3. The second kappa shape index (κ2) is 6.06. The van der Waals surface area contributed by atoms with Crippen LogP contribution in [0.25, 0.3) is 0 Å². The van der Waals surface area contributed by atoms with Gasteiger partial charge in [0.2, 0.25) is 0 Å². The van der Waals surface area contributed by atoms with Gasteiger partial charge in [-0.3, -0.25) is 0 Å². The summed E-state index contributed by atoms with van der Waals surface area (Å²) in [4.78, 5) is 4.46. The molecule has 0 unspecified atom stereocenters. The van der Waals surface area contributed by atoms with Crippen LogP contribution in [0.4, 0.5) is 8.78 Å². The molecule has 3 nitrogen and oxygen atoms in total. The summed E-state index contributed by atoms with van der Waals surface area (Å²) in [7, 11) is 0. The van der Waals surface area contributed by atoms with E-state index in [1.807, 2.05) is 6.92 Å². The van der Waals surface area contributed by atoms with Gasteiger partial charge in [-0.05, 0) is 39.0 Å². The first-order chi connectivity index (χ1) is 11.3. The average Bonchev–Trinajstić information content (AvgIpc) is 2.45. The molecule has 1 heterocycles. The Balaban J connectivity index is 2.22. The van der Waals surface area contributed by atoms with Crippen molar-refractivity contribution in [3.63, 3.8) is 0 Å². The second-order valence-corrected chi connectivity index (χ2v) is 6.25. The van der Waals surface area contributed by atoms with Crippen molar-refractivity contribution in [2.75, 3.05) is 6.61 Å². The van der Waals surface area contributed by atoms with E-state index in [4.69, 9.17) is 21.1 Å². The molecule has 0 saturated carbocycles. The fourth-order valence-corrected chi connectivity index (χ4v) is 2.90. The Morgan fingerprint density at radius 1 is 1.21 bits per heavy atom. The number of hydrogen-bond acceptors (Lipinski definition) is 3. The highest BCUT2D eigenvalue weighted by Crippen LogP contribution is 2.40. The zero-order valence-corrected chi connectivity index (χ0v) is 14.2. The van der Waals surface area contributed by atoms with Gasteiger partial charge in [-0.15, -0.1) is 0 Å². The number of ether oxygens (including phenoxy) is 2. The van der Waals surface area contributed by atoms with Crippen LogP contribution in [-0.2, 0) is 0 Å². The van der Waals surface area contributed by atoms with Crippen LogP contribution in [0.2, 0.25) is 5.02 Å². The predicted octanol–water partition coefficient (Wildman–Crippen LogP) is 4.98. The Hall–Kier alpha value is -2.14. The first-order valence-electron chi connectivity index (χ1n) is 7.52. The molecule has 0 bridgehead atoms. The molecule has 0 aliphatic carbocycles. The zero-order valence-electron chi connectivity index (χ0n) is 13.5. The summed E-state index contributed by atoms with van der Waals surface area (Å²) >= 11 is 6.37. The van der Waals surface area contributed by atoms with E-state index < -0.39 is 17.4 Å². The molecule has 126 valence electrons. The molecule has 0 atom stereocenters. The number of aliphatic imine (C=N–C) groups is 1. The van der Waals surface area contributed by atoms with Crippen LogP contribution in [0.15, 0.2) is 35.3 Å². The van der Waals surface area contributed by atoms with E-state index in [0.29, 0.717) is 34.4 Å². The number of benzene rings is 2. The van der Waals surface area contributed by atoms with E-state index >= 15 is 0 Å². The van der Waals surface area contributed by atoms with Crippen molar-refractivity contribution in [1.29, 1.82) is 0 Å². The first kappa shape index (κ1) is 16.7. The SMILES string of the molecule is CCOc1cc(Cl)c2c(c1)OC(C)(C)N=C2c1ccc(F)cc1F. The third-order valence-electron chi connectivity index (χ3n) is 3.50. The highest BCUT2D eigenvalue weighted by molar-refractivity contribution is 6.36. The molecule has 1 aliphatic heterocycles. The monoisotopic (exact) mass is 351 g/mol. The topological polar surface area (TPSA) is 30.8 Å². The average molecular weight is 352 g/mol. The van der Waals surface area contributed by atoms with Crippen molar-refractivity contribution >= 4 is 17.3 Å². The van der Waals surface area contributed by atoms with Crippen molar-refractivity contribution in [3.8, 4) is 11.5 Å². The summed E-state index contributed by atoms with van der Waals surface area (Å²) in [6.45, 7) is 5.84. The van der Waals surface area contributed by atoms with Crippen molar-refractivity contribution in [1.82, 2.24) is 0 Å². The molecule has 24 heavy (non-hydrogen) atoms. The smallest absolute Gasteiger partial charge is 0.195 e. The van der Waals surface area contributed by atoms with Gasteiger partial charge in [0, 0.05) is 17.7 Å². The van der Waals surface area contributed by atoms with Gasteiger partial charge < -0.3 is 9.47 Å². The van der Waals surface area contributed by atoms with Crippen molar-refractivity contribution in [2.24, 2.45) is 4.99 Å². The first-order valence-corrected chi connectivity index (χ1v) is 7.89. The minimum atomic E-state index is -0.919. The lowest BCUT2D eigenvalue weighted by atomic mass is 9.98. The molecule has 2 aromatic rings. The summed E-state index contributed by atoms with van der Waals surface area (Å²) < 4.78 is 38.8. The third-order valence-corrected chi connectivity index (χ3v) is 3.80. The van der Waals surface area contributed by atoms with E-state index in [1.54, 1.807) is 26.0 Å². The predicted molar refractivity (Wildman–Crippen MR) is 89.3 cm³/mol. The van der Waals surface area contributed by atoms with Crippen molar-refractivity contribution in [2.45, 2.75) is 26.5 Å². The molecule has 0 spiro atoms. The van der Waals surface area contributed by atoms with Gasteiger partial charge in [-0.1, -0.05) is 11.6 Å². The number of halogens is 3. The molecule has 0 radical (unpaired) electrons. The molecule has 1 aliphatic rings. The zero-order chi connectivity index (χ0) is 17.5. The summed E-state index contributed by atoms with van der Waals surface area (Å²) in [5, 5.41) is 0.328. The maximum Gasteiger partial charge on any atom is 0.195 e. The molecule has 0 aromatic heterocycles. The molecular weight excluding hydrogens is 336 g/mol. The molecule has 3 rings (SSSR count). The van der Waals surface area contributed by atoms with Gasteiger partial charge in [0.05, 0.1) is 22.9 Å². The number of fused-ring (bicyclic) bond motifs is 1.